The van der Waals surface area contributed by atoms with Gasteiger partial charge in [-0.15, -0.1) is 0 Å². The maximum atomic E-state index is 13.0. The van der Waals surface area contributed by atoms with Gasteiger partial charge in [0, 0.05) is 29.9 Å². The van der Waals surface area contributed by atoms with Crippen LogP contribution in [0, 0.1) is 13.8 Å². The molecule has 1 aromatic heterocycles. The molecule has 0 saturated carbocycles. The van der Waals surface area contributed by atoms with Crippen LogP contribution in [-0.4, -0.2) is 19.3 Å². The predicted molar refractivity (Wildman–Crippen MR) is 121 cm³/mol. The maximum Gasteiger partial charge on any atom is 0.251 e. The molecule has 0 unspecified atom stereocenters. The second kappa shape index (κ2) is 8.32. The summed E-state index contributed by atoms with van der Waals surface area (Å²) in [5, 5.41) is 4.80. The third-order valence-corrected chi connectivity index (χ3v) is 7.35. The molecule has 0 aliphatic heterocycles. The van der Waals surface area contributed by atoms with Crippen molar-refractivity contribution in [1.29, 1.82) is 0 Å². The monoisotopic (exact) mass is 430 g/mol. The van der Waals surface area contributed by atoms with Crippen LogP contribution in [0.3, 0.4) is 0 Å². The summed E-state index contributed by atoms with van der Waals surface area (Å²) in [5.74, 6) is -0.196. The smallest absolute Gasteiger partial charge is 0.251 e. The number of rotatable bonds is 5. The van der Waals surface area contributed by atoms with Crippen LogP contribution in [0.2, 0.25) is 0 Å². The van der Waals surface area contributed by atoms with E-state index in [-0.39, 0.29) is 10.8 Å². The highest BCUT2D eigenvalue weighted by Crippen LogP contribution is 2.25. The number of amides is 1. The number of sulfone groups is 1. The van der Waals surface area contributed by atoms with Gasteiger partial charge in [-0.05, 0) is 72.3 Å². The average molecular weight is 431 g/mol. The number of aryl methyl sites for hydroxylation is 1. The van der Waals surface area contributed by atoms with Crippen LogP contribution in [0.15, 0.2) is 88.9 Å². The molecule has 1 amide bonds. The van der Waals surface area contributed by atoms with Crippen molar-refractivity contribution in [2.75, 3.05) is 0 Å². The number of carbonyl (C=O) groups is 1. The van der Waals surface area contributed by atoms with Gasteiger partial charge in [0.05, 0.1) is 9.79 Å². The minimum atomic E-state index is -3.60. The van der Waals surface area contributed by atoms with Crippen LogP contribution in [0.4, 0.5) is 0 Å². The fourth-order valence-corrected chi connectivity index (χ4v) is 5.01. The van der Waals surface area contributed by atoms with Crippen molar-refractivity contribution in [2.24, 2.45) is 0 Å². The average Bonchev–Trinajstić information content (AvgIpc) is 2.79. The van der Waals surface area contributed by atoms with Crippen LogP contribution >= 0.6 is 0 Å². The Morgan fingerprint density at radius 2 is 1.71 bits per heavy atom. The first-order valence-corrected chi connectivity index (χ1v) is 11.4. The molecule has 3 aromatic carbocycles. The normalized spacial score (nSPS) is 11.4. The number of benzene rings is 3. The van der Waals surface area contributed by atoms with E-state index < -0.39 is 9.84 Å². The Bertz CT molecular complexity index is 1380. The number of hydrogen-bond donors (Lipinski definition) is 1. The fourth-order valence-electron chi connectivity index (χ4n) is 3.44. The Morgan fingerprint density at radius 1 is 0.935 bits per heavy atom. The Morgan fingerprint density at radius 3 is 2.48 bits per heavy atom. The molecule has 1 N–H and O–H groups in total. The molecular formula is C25H22N2O3S. The second-order valence-electron chi connectivity index (χ2n) is 7.47. The first-order chi connectivity index (χ1) is 14.9. The van der Waals surface area contributed by atoms with Crippen molar-refractivity contribution < 1.29 is 13.2 Å². The minimum Gasteiger partial charge on any atom is -0.348 e. The number of nitrogens with zero attached hydrogens (tertiary/aromatic N) is 1. The lowest BCUT2D eigenvalue weighted by molar-refractivity contribution is 0.0951. The molecule has 156 valence electrons. The van der Waals surface area contributed by atoms with Crippen molar-refractivity contribution in [3.63, 3.8) is 0 Å². The molecule has 4 aromatic rings. The molecule has 0 aliphatic carbocycles. The number of hydrogen-bond acceptors (Lipinski definition) is 4. The first-order valence-electron chi connectivity index (χ1n) is 9.88. The molecule has 0 saturated heterocycles. The molecular weight excluding hydrogens is 408 g/mol. The van der Waals surface area contributed by atoms with Crippen molar-refractivity contribution in [3.05, 3.63) is 101 Å². The lowest BCUT2D eigenvalue weighted by Crippen LogP contribution is -2.22. The lowest BCUT2D eigenvalue weighted by Gasteiger charge is -2.11. The number of nitrogens with one attached hydrogen (secondary N) is 1. The highest BCUT2D eigenvalue weighted by molar-refractivity contribution is 7.91. The molecule has 0 aliphatic rings. The molecule has 6 heteroatoms. The van der Waals surface area contributed by atoms with Crippen LogP contribution in [0.25, 0.3) is 10.8 Å². The van der Waals surface area contributed by atoms with E-state index in [0.29, 0.717) is 17.0 Å². The molecule has 0 atom stereocenters. The molecule has 0 bridgehead atoms. The Labute approximate surface area is 181 Å². The van der Waals surface area contributed by atoms with Crippen LogP contribution in [-0.2, 0) is 16.4 Å². The van der Waals surface area contributed by atoms with Gasteiger partial charge in [-0.2, -0.15) is 0 Å². The summed E-state index contributed by atoms with van der Waals surface area (Å²) in [6.45, 7) is 4.01. The largest absolute Gasteiger partial charge is 0.348 e. The van der Waals surface area contributed by atoms with E-state index >= 15 is 0 Å². The molecule has 5 nitrogen and oxygen atoms in total. The highest BCUT2D eigenvalue weighted by Gasteiger charge is 2.20. The predicted octanol–water partition coefficient (Wildman–Crippen LogP) is 4.61. The SMILES string of the molecule is Cc1cccc(S(=O)(=O)c2ccc(CNC(=O)c3ccc4ccncc4c3)cc2)c1C. The minimum absolute atomic E-state index is 0.196. The van der Waals surface area contributed by atoms with Gasteiger partial charge >= 0.3 is 0 Å². The van der Waals surface area contributed by atoms with Gasteiger partial charge in [-0.1, -0.05) is 30.3 Å². The van der Waals surface area contributed by atoms with Gasteiger partial charge in [0.25, 0.3) is 5.91 Å². The van der Waals surface area contributed by atoms with E-state index in [1.807, 2.05) is 32.0 Å². The van der Waals surface area contributed by atoms with Gasteiger partial charge in [0.15, 0.2) is 0 Å². The van der Waals surface area contributed by atoms with E-state index in [2.05, 4.69) is 10.3 Å². The van der Waals surface area contributed by atoms with Crippen molar-refractivity contribution >= 4 is 26.5 Å². The van der Waals surface area contributed by atoms with E-state index in [9.17, 15) is 13.2 Å². The Hall–Kier alpha value is -3.51. The van der Waals surface area contributed by atoms with Gasteiger partial charge < -0.3 is 5.32 Å². The van der Waals surface area contributed by atoms with Crippen LogP contribution < -0.4 is 5.32 Å². The molecule has 1 heterocycles. The van der Waals surface area contributed by atoms with E-state index in [1.165, 1.54) is 0 Å². The molecule has 0 radical (unpaired) electrons. The van der Waals surface area contributed by atoms with Gasteiger partial charge in [-0.3, -0.25) is 9.78 Å². The van der Waals surface area contributed by atoms with Gasteiger partial charge in [0.1, 0.15) is 0 Å². The zero-order valence-corrected chi connectivity index (χ0v) is 18.1. The summed E-state index contributed by atoms with van der Waals surface area (Å²) in [4.78, 5) is 17.2. The molecule has 31 heavy (non-hydrogen) atoms. The fraction of sp³-hybridized carbons (Fsp3) is 0.120. The van der Waals surface area contributed by atoms with E-state index in [1.54, 1.807) is 60.9 Å². The number of fused-ring (bicyclic) bond motifs is 1. The quantitative estimate of drug-likeness (QED) is 0.501. The highest BCUT2D eigenvalue weighted by atomic mass is 32.2. The Balaban J connectivity index is 1.48. The molecule has 4 rings (SSSR count). The summed E-state index contributed by atoms with van der Waals surface area (Å²) in [6, 6.07) is 19.3. The topological polar surface area (TPSA) is 76.1 Å². The standard InChI is InChI=1S/C25H22N2O3S/c1-17-4-3-5-24(18(17)2)31(29,30)23-10-6-19(7-11-23)15-27-25(28)21-9-8-20-12-13-26-16-22(20)14-21/h3-14,16H,15H2,1-2H3,(H,27,28). The molecule has 0 spiro atoms. The summed E-state index contributed by atoms with van der Waals surface area (Å²) >= 11 is 0. The summed E-state index contributed by atoms with van der Waals surface area (Å²) in [7, 11) is -3.60. The first kappa shape index (κ1) is 20.8. The summed E-state index contributed by atoms with van der Waals surface area (Å²) in [5.41, 5.74) is 3.06. The van der Waals surface area contributed by atoms with Crippen LogP contribution in [0.5, 0.6) is 0 Å². The summed E-state index contributed by atoms with van der Waals surface area (Å²) in [6.07, 6.45) is 3.44. The van der Waals surface area contributed by atoms with Crippen molar-refractivity contribution in [2.45, 2.75) is 30.2 Å². The van der Waals surface area contributed by atoms with E-state index in [4.69, 9.17) is 0 Å². The van der Waals surface area contributed by atoms with Gasteiger partial charge in [0.2, 0.25) is 9.84 Å². The second-order valence-corrected chi connectivity index (χ2v) is 9.38. The van der Waals surface area contributed by atoms with Crippen molar-refractivity contribution in [1.82, 2.24) is 10.3 Å². The Kier molecular flexibility index (Phi) is 5.57. The summed E-state index contributed by atoms with van der Waals surface area (Å²) < 4.78 is 26.0. The molecule has 0 fully saturated rings. The van der Waals surface area contributed by atoms with Crippen LogP contribution in [0.1, 0.15) is 27.0 Å². The zero-order valence-electron chi connectivity index (χ0n) is 17.3. The van der Waals surface area contributed by atoms with Gasteiger partial charge in [-0.25, -0.2) is 8.42 Å². The number of aromatic nitrogens is 1. The third-order valence-electron chi connectivity index (χ3n) is 5.43. The lowest BCUT2D eigenvalue weighted by atomic mass is 10.1. The number of carbonyl (C=O) groups excluding carboxylic acids is 1. The number of pyridine rings is 1. The van der Waals surface area contributed by atoms with E-state index in [0.717, 1.165) is 27.5 Å². The third kappa shape index (κ3) is 4.20. The zero-order chi connectivity index (χ0) is 22.0. The maximum absolute atomic E-state index is 13.0. The van der Waals surface area contributed by atoms with Crippen molar-refractivity contribution in [3.8, 4) is 0 Å².